The highest BCUT2D eigenvalue weighted by Gasteiger charge is 2.30. The molecule has 0 bridgehead atoms. The van der Waals surface area contributed by atoms with Gasteiger partial charge in [0.15, 0.2) is 0 Å². The van der Waals surface area contributed by atoms with Crippen molar-refractivity contribution < 1.29 is 19.4 Å². The Morgan fingerprint density at radius 1 is 1.24 bits per heavy atom. The molecule has 176 valence electrons. The Kier molecular flexibility index (Phi) is 7.83. The van der Waals surface area contributed by atoms with E-state index in [0.29, 0.717) is 18.2 Å². The number of fused-ring (bicyclic) bond motifs is 1. The molecule has 4 rings (SSSR count). The summed E-state index contributed by atoms with van der Waals surface area (Å²) in [7, 11) is 0. The van der Waals surface area contributed by atoms with Gasteiger partial charge in [-0.3, -0.25) is 4.79 Å². The number of aryl methyl sites for hydroxylation is 2. The van der Waals surface area contributed by atoms with Crippen molar-refractivity contribution in [2.75, 3.05) is 18.5 Å². The Morgan fingerprint density at radius 3 is 2.91 bits per heavy atom. The van der Waals surface area contributed by atoms with Crippen molar-refractivity contribution in [3.63, 3.8) is 0 Å². The first-order valence-corrected chi connectivity index (χ1v) is 11.7. The van der Waals surface area contributed by atoms with Crippen LogP contribution in [0.1, 0.15) is 49.1 Å². The van der Waals surface area contributed by atoms with E-state index >= 15 is 0 Å². The number of nitrogens with one attached hydrogen (secondary N) is 2. The van der Waals surface area contributed by atoms with Crippen LogP contribution in [0.3, 0.4) is 0 Å². The van der Waals surface area contributed by atoms with Crippen molar-refractivity contribution in [2.45, 2.75) is 63.5 Å². The van der Waals surface area contributed by atoms with E-state index in [4.69, 9.17) is 9.72 Å². The summed E-state index contributed by atoms with van der Waals surface area (Å²) in [6.07, 6.45) is 9.62. The number of amides is 1. The van der Waals surface area contributed by atoms with Gasteiger partial charge in [-0.05, 0) is 62.1 Å². The maximum Gasteiger partial charge on any atom is 0.326 e. The molecule has 33 heavy (non-hydrogen) atoms. The third kappa shape index (κ3) is 6.71. The van der Waals surface area contributed by atoms with E-state index in [2.05, 4.69) is 32.7 Å². The second-order valence-electron chi connectivity index (χ2n) is 8.83. The third-order valence-electron chi connectivity index (χ3n) is 6.33. The van der Waals surface area contributed by atoms with Crippen LogP contribution < -0.4 is 10.6 Å². The van der Waals surface area contributed by atoms with Gasteiger partial charge in [0.2, 0.25) is 5.91 Å². The molecule has 1 aliphatic heterocycles. The van der Waals surface area contributed by atoms with Gasteiger partial charge in [-0.25, -0.2) is 19.7 Å². The molecule has 1 saturated carbocycles. The molecule has 0 radical (unpaired) electrons. The number of carbonyl (C=O) groups is 2. The fourth-order valence-corrected chi connectivity index (χ4v) is 4.35. The van der Waals surface area contributed by atoms with Crippen LogP contribution in [-0.2, 0) is 33.6 Å². The quantitative estimate of drug-likeness (QED) is 0.472. The zero-order valence-corrected chi connectivity index (χ0v) is 18.7. The number of anilines is 1. The summed E-state index contributed by atoms with van der Waals surface area (Å²) >= 11 is 0. The number of pyridine rings is 1. The summed E-state index contributed by atoms with van der Waals surface area (Å²) in [5.74, 6) is 0.221. The Labute approximate surface area is 193 Å². The molecular formula is C24H31N5O4. The number of rotatable bonds is 11. The Morgan fingerprint density at radius 2 is 2.12 bits per heavy atom. The molecule has 1 atom stereocenters. The summed E-state index contributed by atoms with van der Waals surface area (Å²) in [5, 5.41) is 15.3. The molecule has 0 spiro atoms. The Balaban J connectivity index is 1.12. The molecule has 0 aromatic carbocycles. The lowest BCUT2D eigenvalue weighted by Crippen LogP contribution is -2.43. The van der Waals surface area contributed by atoms with E-state index in [0.717, 1.165) is 50.2 Å². The summed E-state index contributed by atoms with van der Waals surface area (Å²) in [5.41, 5.74) is 2.99. The van der Waals surface area contributed by atoms with Crippen LogP contribution in [0.15, 0.2) is 30.7 Å². The van der Waals surface area contributed by atoms with Crippen LogP contribution in [0.2, 0.25) is 0 Å². The van der Waals surface area contributed by atoms with Crippen molar-refractivity contribution >= 4 is 17.7 Å². The first-order valence-electron chi connectivity index (χ1n) is 11.7. The number of hydrogen-bond donors (Lipinski definition) is 3. The fourth-order valence-electron chi connectivity index (χ4n) is 4.35. The standard InChI is InChI=1S/C24H31N5O4/c30-22(14-19-7-10-25-15-27-19)29-21(24(31)32)8-11-33-20-12-16(13-20)3-5-18-6-4-17-2-1-9-26-23(17)28-18/h4,6-7,10,15-16,20-21H,1-3,5,8-9,11-14H2,(H,26,28)(H,29,30)(H,31,32). The van der Waals surface area contributed by atoms with E-state index in [1.807, 2.05) is 0 Å². The molecule has 0 saturated heterocycles. The average Bonchev–Trinajstić information content (AvgIpc) is 2.79. The summed E-state index contributed by atoms with van der Waals surface area (Å²) in [4.78, 5) is 36.2. The molecule has 1 fully saturated rings. The smallest absolute Gasteiger partial charge is 0.326 e. The minimum Gasteiger partial charge on any atom is -0.480 e. The molecule has 1 aliphatic carbocycles. The van der Waals surface area contributed by atoms with Gasteiger partial charge < -0.3 is 20.5 Å². The highest BCUT2D eigenvalue weighted by atomic mass is 16.5. The maximum absolute atomic E-state index is 12.1. The van der Waals surface area contributed by atoms with Crippen LogP contribution in [0.5, 0.6) is 0 Å². The molecule has 1 unspecified atom stereocenters. The number of carboxylic acid groups (broad SMARTS) is 1. The predicted molar refractivity (Wildman–Crippen MR) is 122 cm³/mol. The SMILES string of the molecule is O=C(Cc1ccncn1)NC(CCOC1CC(CCc2ccc3c(n2)NCCC3)C1)C(=O)O. The van der Waals surface area contributed by atoms with Gasteiger partial charge >= 0.3 is 5.97 Å². The molecule has 3 heterocycles. The summed E-state index contributed by atoms with van der Waals surface area (Å²) < 4.78 is 5.85. The van der Waals surface area contributed by atoms with Crippen molar-refractivity contribution in [3.05, 3.63) is 47.7 Å². The molecule has 9 heteroatoms. The van der Waals surface area contributed by atoms with E-state index in [1.165, 1.54) is 18.3 Å². The van der Waals surface area contributed by atoms with E-state index in [1.54, 1.807) is 12.3 Å². The number of nitrogens with zero attached hydrogens (tertiary/aromatic N) is 3. The van der Waals surface area contributed by atoms with Crippen LogP contribution in [0.25, 0.3) is 0 Å². The number of carbonyl (C=O) groups excluding carboxylic acids is 1. The van der Waals surface area contributed by atoms with Crippen LogP contribution in [0.4, 0.5) is 5.82 Å². The normalized spacial score (nSPS) is 20.1. The fraction of sp³-hybridized carbons (Fsp3) is 0.542. The van der Waals surface area contributed by atoms with Crippen molar-refractivity contribution in [1.82, 2.24) is 20.3 Å². The van der Waals surface area contributed by atoms with Gasteiger partial charge in [0.25, 0.3) is 0 Å². The second kappa shape index (κ2) is 11.2. The number of ether oxygens (including phenoxy) is 1. The largest absolute Gasteiger partial charge is 0.480 e. The lowest BCUT2D eigenvalue weighted by molar-refractivity contribution is -0.142. The van der Waals surface area contributed by atoms with E-state index in [-0.39, 0.29) is 24.9 Å². The highest BCUT2D eigenvalue weighted by molar-refractivity contribution is 5.84. The minimum absolute atomic E-state index is 0.0204. The first-order chi connectivity index (χ1) is 16.1. The summed E-state index contributed by atoms with van der Waals surface area (Å²) in [6, 6.07) is 4.99. The molecule has 2 aromatic rings. The molecular weight excluding hydrogens is 422 g/mol. The van der Waals surface area contributed by atoms with Crippen LogP contribution >= 0.6 is 0 Å². The number of aliphatic carboxylic acids is 1. The highest BCUT2D eigenvalue weighted by Crippen LogP contribution is 2.34. The number of carboxylic acids is 1. The molecule has 1 amide bonds. The van der Waals surface area contributed by atoms with Gasteiger partial charge in [-0.1, -0.05) is 6.07 Å². The minimum atomic E-state index is -1.06. The van der Waals surface area contributed by atoms with Gasteiger partial charge in [0.1, 0.15) is 18.2 Å². The first kappa shape index (κ1) is 23.1. The molecule has 3 N–H and O–H groups in total. The third-order valence-corrected chi connectivity index (χ3v) is 6.33. The van der Waals surface area contributed by atoms with Crippen molar-refractivity contribution in [2.24, 2.45) is 5.92 Å². The van der Waals surface area contributed by atoms with Gasteiger partial charge in [0.05, 0.1) is 18.2 Å². The van der Waals surface area contributed by atoms with Crippen LogP contribution in [-0.4, -0.2) is 57.2 Å². The number of hydrogen-bond acceptors (Lipinski definition) is 7. The predicted octanol–water partition coefficient (Wildman–Crippen LogP) is 2.16. The number of aromatic nitrogens is 3. The van der Waals surface area contributed by atoms with Crippen LogP contribution in [0, 0.1) is 5.92 Å². The Bertz CT molecular complexity index is 949. The van der Waals surface area contributed by atoms with E-state index in [9.17, 15) is 14.7 Å². The monoisotopic (exact) mass is 453 g/mol. The van der Waals surface area contributed by atoms with Gasteiger partial charge in [0, 0.05) is 31.5 Å². The molecule has 2 aromatic heterocycles. The van der Waals surface area contributed by atoms with Gasteiger partial charge in [-0.15, -0.1) is 0 Å². The zero-order valence-electron chi connectivity index (χ0n) is 18.7. The lowest BCUT2D eigenvalue weighted by Gasteiger charge is -2.35. The second-order valence-corrected chi connectivity index (χ2v) is 8.83. The van der Waals surface area contributed by atoms with Crippen molar-refractivity contribution in [3.8, 4) is 0 Å². The van der Waals surface area contributed by atoms with Crippen molar-refractivity contribution in [1.29, 1.82) is 0 Å². The topological polar surface area (TPSA) is 126 Å². The average molecular weight is 454 g/mol. The van der Waals surface area contributed by atoms with E-state index < -0.39 is 12.0 Å². The van der Waals surface area contributed by atoms with Gasteiger partial charge in [-0.2, -0.15) is 0 Å². The molecule has 2 aliphatic rings. The lowest BCUT2D eigenvalue weighted by atomic mass is 9.79. The maximum atomic E-state index is 12.1. The Hall–Kier alpha value is -3.07. The zero-order chi connectivity index (χ0) is 23.0. The summed E-state index contributed by atoms with van der Waals surface area (Å²) in [6.45, 7) is 1.31. The molecule has 9 nitrogen and oxygen atoms in total.